The van der Waals surface area contributed by atoms with Gasteiger partial charge in [0.2, 0.25) is 0 Å². The summed E-state index contributed by atoms with van der Waals surface area (Å²) in [6.07, 6.45) is 7.18. The van der Waals surface area contributed by atoms with Gasteiger partial charge in [0, 0.05) is 13.1 Å². The number of nitrogens with one attached hydrogen (secondary N) is 2. The van der Waals surface area contributed by atoms with Crippen LogP contribution in [0.1, 0.15) is 42.4 Å². The summed E-state index contributed by atoms with van der Waals surface area (Å²) in [6, 6.07) is 6.82. The van der Waals surface area contributed by atoms with Crippen LogP contribution >= 0.6 is 0 Å². The largest absolute Gasteiger partial charge is 0.312 e. The molecule has 20 heavy (non-hydrogen) atoms. The van der Waals surface area contributed by atoms with E-state index in [0.717, 1.165) is 37.4 Å². The molecule has 108 valence electrons. The van der Waals surface area contributed by atoms with E-state index in [-0.39, 0.29) is 0 Å². The van der Waals surface area contributed by atoms with Crippen LogP contribution in [0.3, 0.4) is 0 Å². The van der Waals surface area contributed by atoms with Gasteiger partial charge in [0.05, 0.1) is 0 Å². The summed E-state index contributed by atoms with van der Waals surface area (Å²) in [5.41, 5.74) is 4.65. The Labute approximate surface area is 122 Å². The molecule has 1 aromatic rings. The highest BCUT2D eigenvalue weighted by molar-refractivity contribution is 5.36. The minimum Gasteiger partial charge on any atom is -0.312 e. The van der Waals surface area contributed by atoms with Crippen molar-refractivity contribution in [2.45, 2.75) is 45.2 Å². The molecule has 1 aliphatic heterocycles. The van der Waals surface area contributed by atoms with E-state index >= 15 is 0 Å². The third-order valence-electron chi connectivity index (χ3n) is 5.39. The normalized spacial score (nSPS) is 22.1. The van der Waals surface area contributed by atoms with Crippen molar-refractivity contribution in [1.29, 1.82) is 0 Å². The van der Waals surface area contributed by atoms with E-state index in [9.17, 15) is 0 Å². The number of benzene rings is 1. The first-order chi connectivity index (χ1) is 9.92. The van der Waals surface area contributed by atoms with E-state index in [0.29, 0.717) is 0 Å². The maximum absolute atomic E-state index is 3.77. The van der Waals surface area contributed by atoms with Crippen LogP contribution in [0.25, 0.3) is 0 Å². The fraction of sp³-hybridized carbons (Fsp3) is 0.667. The van der Waals surface area contributed by atoms with Crippen molar-refractivity contribution in [2.75, 3.05) is 13.1 Å². The van der Waals surface area contributed by atoms with Gasteiger partial charge in [0.1, 0.15) is 0 Å². The Kier molecular flexibility index (Phi) is 3.53. The lowest BCUT2D eigenvalue weighted by atomic mass is 9.94. The Morgan fingerprint density at radius 1 is 1.15 bits per heavy atom. The van der Waals surface area contributed by atoms with Gasteiger partial charge >= 0.3 is 0 Å². The van der Waals surface area contributed by atoms with E-state index in [2.05, 4.69) is 28.8 Å². The molecule has 2 N–H and O–H groups in total. The molecule has 0 amide bonds. The van der Waals surface area contributed by atoms with E-state index in [4.69, 9.17) is 0 Å². The van der Waals surface area contributed by atoms with Crippen molar-refractivity contribution in [3.05, 3.63) is 34.9 Å². The molecule has 2 fully saturated rings. The van der Waals surface area contributed by atoms with Crippen LogP contribution in [0.15, 0.2) is 18.2 Å². The Balaban J connectivity index is 1.37. The zero-order valence-corrected chi connectivity index (χ0v) is 12.3. The molecule has 2 heteroatoms. The molecule has 0 unspecified atom stereocenters. The minimum absolute atomic E-state index is 0.983. The van der Waals surface area contributed by atoms with Crippen LogP contribution in [0.2, 0.25) is 0 Å². The van der Waals surface area contributed by atoms with Crippen molar-refractivity contribution in [1.82, 2.24) is 10.6 Å². The molecule has 0 radical (unpaired) electrons. The molecule has 0 aromatic heterocycles. The van der Waals surface area contributed by atoms with Gasteiger partial charge in [-0.2, -0.15) is 0 Å². The van der Waals surface area contributed by atoms with Crippen LogP contribution in [0.5, 0.6) is 0 Å². The summed E-state index contributed by atoms with van der Waals surface area (Å²) >= 11 is 0. The number of fused-ring (bicyclic) bond motifs is 1. The first kappa shape index (κ1) is 12.8. The highest BCUT2D eigenvalue weighted by atomic mass is 14.9. The molecule has 2 nitrogen and oxygen atoms in total. The molecule has 3 aliphatic rings. The van der Waals surface area contributed by atoms with E-state index in [1.165, 1.54) is 49.8 Å². The van der Waals surface area contributed by atoms with E-state index in [1.807, 2.05) is 0 Å². The van der Waals surface area contributed by atoms with Crippen LogP contribution < -0.4 is 10.6 Å². The third-order valence-corrected chi connectivity index (χ3v) is 5.39. The summed E-state index contributed by atoms with van der Waals surface area (Å²) < 4.78 is 0. The Hall–Kier alpha value is -0.860. The summed E-state index contributed by atoms with van der Waals surface area (Å²) in [6.45, 7) is 4.50. The van der Waals surface area contributed by atoms with Crippen molar-refractivity contribution < 1.29 is 0 Å². The fourth-order valence-corrected chi connectivity index (χ4v) is 3.92. The van der Waals surface area contributed by atoms with Crippen LogP contribution in [-0.4, -0.2) is 13.1 Å². The number of hydrogen-bond acceptors (Lipinski definition) is 2. The molecule has 4 rings (SSSR count). The average molecular weight is 270 g/mol. The van der Waals surface area contributed by atoms with Gasteiger partial charge < -0.3 is 10.6 Å². The Bertz CT molecular complexity index is 462. The monoisotopic (exact) mass is 270 g/mol. The lowest BCUT2D eigenvalue weighted by molar-refractivity contribution is 0.378. The Morgan fingerprint density at radius 2 is 1.95 bits per heavy atom. The van der Waals surface area contributed by atoms with Crippen LogP contribution in [0.4, 0.5) is 0 Å². The van der Waals surface area contributed by atoms with Gasteiger partial charge in [0.15, 0.2) is 0 Å². The second-order valence-corrected chi connectivity index (χ2v) is 6.95. The fourth-order valence-electron chi connectivity index (χ4n) is 3.92. The van der Waals surface area contributed by atoms with Gasteiger partial charge in [-0.3, -0.25) is 0 Å². The molecule has 0 saturated heterocycles. The van der Waals surface area contributed by atoms with Crippen LogP contribution in [-0.2, 0) is 19.5 Å². The zero-order valence-electron chi connectivity index (χ0n) is 12.3. The third kappa shape index (κ3) is 2.77. The topological polar surface area (TPSA) is 24.1 Å². The quantitative estimate of drug-likeness (QED) is 0.830. The zero-order chi connectivity index (χ0) is 13.4. The van der Waals surface area contributed by atoms with Gasteiger partial charge in [-0.15, -0.1) is 0 Å². The Morgan fingerprint density at radius 3 is 2.70 bits per heavy atom. The van der Waals surface area contributed by atoms with Gasteiger partial charge in [-0.25, -0.2) is 0 Å². The number of hydrogen-bond donors (Lipinski definition) is 2. The van der Waals surface area contributed by atoms with Crippen molar-refractivity contribution in [3.63, 3.8) is 0 Å². The van der Waals surface area contributed by atoms with Crippen LogP contribution in [0, 0.1) is 17.8 Å². The average Bonchev–Trinajstić information content (AvgIpc) is 3.38. The first-order valence-corrected chi connectivity index (χ1v) is 8.43. The van der Waals surface area contributed by atoms with E-state index in [1.54, 1.807) is 5.56 Å². The molecule has 2 aliphatic carbocycles. The second-order valence-electron chi connectivity index (χ2n) is 6.95. The van der Waals surface area contributed by atoms with Gasteiger partial charge in [-0.05, 0) is 79.6 Å². The summed E-state index contributed by atoms with van der Waals surface area (Å²) in [4.78, 5) is 0. The molecule has 0 bridgehead atoms. The molecular weight excluding hydrogens is 244 g/mol. The van der Waals surface area contributed by atoms with Gasteiger partial charge in [-0.1, -0.05) is 18.2 Å². The van der Waals surface area contributed by atoms with Gasteiger partial charge in [0.25, 0.3) is 0 Å². The molecule has 1 aromatic carbocycles. The molecule has 2 saturated carbocycles. The minimum atomic E-state index is 0.983. The molecule has 0 spiro atoms. The van der Waals surface area contributed by atoms with Crippen molar-refractivity contribution in [3.8, 4) is 0 Å². The highest BCUT2D eigenvalue weighted by Gasteiger charge is 2.40. The highest BCUT2D eigenvalue weighted by Crippen LogP contribution is 2.48. The van der Waals surface area contributed by atoms with Crippen molar-refractivity contribution in [2.24, 2.45) is 17.8 Å². The predicted molar refractivity (Wildman–Crippen MR) is 82.5 cm³/mol. The first-order valence-electron chi connectivity index (χ1n) is 8.43. The maximum Gasteiger partial charge on any atom is 0.0208 e. The lowest BCUT2D eigenvalue weighted by Crippen LogP contribution is -2.28. The predicted octanol–water partition coefficient (Wildman–Crippen LogP) is 2.86. The second kappa shape index (κ2) is 5.50. The molecule has 1 heterocycles. The smallest absolute Gasteiger partial charge is 0.0208 e. The number of rotatable bonds is 6. The maximum atomic E-state index is 3.77. The summed E-state index contributed by atoms with van der Waals surface area (Å²) in [5.74, 6) is 3.10. The summed E-state index contributed by atoms with van der Waals surface area (Å²) in [5, 5.41) is 7.24. The molecular formula is C18H26N2. The SMILES string of the molecule is c1cc2c(c(CNCC(C3CC3)C3CC3)c1)CCNC2. The standard InChI is InChI=1S/C18H26N2/c1-2-15-10-19-9-8-17(15)16(3-1)11-20-12-18(13-4-5-13)14-6-7-14/h1-3,13-14,18-20H,4-12H2. The molecule has 0 atom stereocenters. The summed E-state index contributed by atoms with van der Waals surface area (Å²) in [7, 11) is 0. The van der Waals surface area contributed by atoms with E-state index < -0.39 is 0 Å². The van der Waals surface area contributed by atoms with Crippen molar-refractivity contribution >= 4 is 0 Å². The lowest BCUT2D eigenvalue weighted by Gasteiger charge is -2.22.